The Hall–Kier alpha value is -1.59. The largest absolute Gasteiger partial charge is 0.496 e. The molecule has 5 heteroatoms. The van der Waals surface area contributed by atoms with Crippen molar-refractivity contribution in [3.63, 3.8) is 0 Å². The Morgan fingerprint density at radius 3 is 2.40 bits per heavy atom. The molecular formula is C20H31N3O2. The lowest BCUT2D eigenvalue weighted by Crippen LogP contribution is -2.52. The van der Waals surface area contributed by atoms with Gasteiger partial charge >= 0.3 is 0 Å². The van der Waals surface area contributed by atoms with E-state index in [2.05, 4.69) is 23.8 Å². The van der Waals surface area contributed by atoms with Gasteiger partial charge in [0.15, 0.2) is 0 Å². The minimum Gasteiger partial charge on any atom is -0.496 e. The number of carbonyl (C=O) groups excluding carboxylic acids is 1. The zero-order valence-electron chi connectivity index (χ0n) is 15.8. The summed E-state index contributed by atoms with van der Waals surface area (Å²) in [5, 5.41) is 0. The zero-order valence-corrected chi connectivity index (χ0v) is 15.8. The van der Waals surface area contributed by atoms with E-state index in [1.807, 2.05) is 23.1 Å². The van der Waals surface area contributed by atoms with Crippen LogP contribution in [0.5, 0.6) is 5.75 Å². The molecule has 1 aromatic rings. The molecule has 0 aromatic heterocycles. The van der Waals surface area contributed by atoms with Gasteiger partial charge in [0.05, 0.1) is 7.11 Å². The van der Waals surface area contributed by atoms with Crippen LogP contribution in [0, 0.1) is 0 Å². The first-order valence-electron chi connectivity index (χ1n) is 9.51. The minimum atomic E-state index is 0.137. The maximum Gasteiger partial charge on any atom is 0.253 e. The van der Waals surface area contributed by atoms with Crippen LogP contribution in [-0.4, -0.2) is 80.1 Å². The van der Waals surface area contributed by atoms with E-state index in [0.29, 0.717) is 6.04 Å². The number of carbonyl (C=O) groups is 1. The molecular weight excluding hydrogens is 314 g/mol. The van der Waals surface area contributed by atoms with Gasteiger partial charge in [-0.2, -0.15) is 0 Å². The van der Waals surface area contributed by atoms with Crippen molar-refractivity contribution in [3.05, 3.63) is 29.3 Å². The van der Waals surface area contributed by atoms with Crippen LogP contribution in [-0.2, 0) is 6.42 Å². The number of ether oxygens (including phenoxy) is 1. The molecule has 2 heterocycles. The second-order valence-electron chi connectivity index (χ2n) is 7.24. The van der Waals surface area contributed by atoms with E-state index < -0.39 is 0 Å². The number of piperidine rings is 1. The summed E-state index contributed by atoms with van der Waals surface area (Å²) in [4.78, 5) is 19.9. The first-order valence-corrected chi connectivity index (χ1v) is 9.51. The van der Waals surface area contributed by atoms with Crippen LogP contribution in [0.2, 0.25) is 0 Å². The molecule has 2 aliphatic rings. The van der Waals surface area contributed by atoms with E-state index in [0.717, 1.165) is 75.4 Å². The Kier molecular flexibility index (Phi) is 5.97. The van der Waals surface area contributed by atoms with Crippen LogP contribution in [0.3, 0.4) is 0 Å². The molecule has 0 bridgehead atoms. The molecule has 1 amide bonds. The van der Waals surface area contributed by atoms with Gasteiger partial charge in [-0.15, -0.1) is 0 Å². The predicted octanol–water partition coefficient (Wildman–Crippen LogP) is 2.11. The summed E-state index contributed by atoms with van der Waals surface area (Å²) in [5.74, 6) is 0.957. The second kappa shape index (κ2) is 8.19. The first kappa shape index (κ1) is 18.2. The third-order valence-corrected chi connectivity index (χ3v) is 5.72. The predicted molar refractivity (Wildman–Crippen MR) is 100 cm³/mol. The van der Waals surface area contributed by atoms with Gasteiger partial charge in [-0.3, -0.25) is 9.69 Å². The van der Waals surface area contributed by atoms with Crippen molar-refractivity contribution >= 4 is 5.91 Å². The van der Waals surface area contributed by atoms with Crippen LogP contribution in [0.1, 0.15) is 35.7 Å². The lowest BCUT2D eigenvalue weighted by atomic mass is 10.0. The number of rotatable bonds is 4. The van der Waals surface area contributed by atoms with Gasteiger partial charge in [-0.05, 0) is 44.0 Å². The third-order valence-electron chi connectivity index (χ3n) is 5.72. The molecule has 0 spiro atoms. The first-order chi connectivity index (χ1) is 12.1. The topological polar surface area (TPSA) is 36.0 Å². The molecule has 2 saturated heterocycles. The molecule has 25 heavy (non-hydrogen) atoms. The standard InChI is InChI=1S/C20H31N3O2/c1-4-16-5-6-17(15-19(16)25-3)20(24)23-9-7-18(8-10-23)22-13-11-21(2)12-14-22/h5-6,15,18H,4,7-14H2,1-3H3. The van der Waals surface area contributed by atoms with E-state index in [1.165, 1.54) is 0 Å². The summed E-state index contributed by atoms with van der Waals surface area (Å²) in [6, 6.07) is 6.49. The summed E-state index contributed by atoms with van der Waals surface area (Å²) in [6.45, 7) is 8.44. The number of amides is 1. The average Bonchev–Trinajstić information content (AvgIpc) is 2.67. The fraction of sp³-hybridized carbons (Fsp3) is 0.650. The van der Waals surface area contributed by atoms with Crippen molar-refractivity contribution in [2.45, 2.75) is 32.2 Å². The Morgan fingerprint density at radius 2 is 1.80 bits per heavy atom. The molecule has 1 aromatic carbocycles. The molecule has 0 radical (unpaired) electrons. The zero-order chi connectivity index (χ0) is 17.8. The second-order valence-corrected chi connectivity index (χ2v) is 7.24. The summed E-state index contributed by atoms with van der Waals surface area (Å²) in [5.41, 5.74) is 1.89. The SMILES string of the molecule is CCc1ccc(C(=O)N2CCC(N3CCN(C)CC3)CC2)cc1OC. The molecule has 0 atom stereocenters. The number of hydrogen-bond donors (Lipinski definition) is 0. The minimum absolute atomic E-state index is 0.137. The van der Waals surface area contributed by atoms with E-state index in [1.54, 1.807) is 7.11 Å². The van der Waals surface area contributed by atoms with Gasteiger partial charge < -0.3 is 14.5 Å². The van der Waals surface area contributed by atoms with Gasteiger partial charge in [0.2, 0.25) is 0 Å². The maximum atomic E-state index is 12.8. The normalized spacial score (nSPS) is 20.7. The van der Waals surface area contributed by atoms with Crippen molar-refractivity contribution in [2.24, 2.45) is 0 Å². The number of hydrogen-bond acceptors (Lipinski definition) is 4. The van der Waals surface area contributed by atoms with E-state index >= 15 is 0 Å². The van der Waals surface area contributed by atoms with Crippen LogP contribution < -0.4 is 4.74 Å². The van der Waals surface area contributed by atoms with Gasteiger partial charge in [0.1, 0.15) is 5.75 Å². The number of aryl methyl sites for hydroxylation is 1. The number of likely N-dealkylation sites (tertiary alicyclic amines) is 1. The van der Waals surface area contributed by atoms with Gasteiger partial charge in [-0.25, -0.2) is 0 Å². The van der Waals surface area contributed by atoms with Crippen molar-refractivity contribution in [1.29, 1.82) is 0 Å². The number of piperazine rings is 1. The van der Waals surface area contributed by atoms with Crippen LogP contribution >= 0.6 is 0 Å². The fourth-order valence-corrected chi connectivity index (χ4v) is 3.97. The molecule has 2 fully saturated rings. The Bertz CT molecular complexity index is 589. The Labute approximate surface area is 151 Å². The van der Waals surface area contributed by atoms with Gasteiger partial charge in [0.25, 0.3) is 5.91 Å². The summed E-state index contributed by atoms with van der Waals surface area (Å²) < 4.78 is 5.44. The maximum absolute atomic E-state index is 12.8. The van der Waals surface area contributed by atoms with Crippen molar-refractivity contribution < 1.29 is 9.53 Å². The highest BCUT2D eigenvalue weighted by atomic mass is 16.5. The molecule has 3 rings (SSSR count). The Morgan fingerprint density at radius 1 is 1.12 bits per heavy atom. The molecule has 138 valence electrons. The van der Waals surface area contributed by atoms with Crippen molar-refractivity contribution in [2.75, 3.05) is 53.4 Å². The molecule has 5 nitrogen and oxygen atoms in total. The quantitative estimate of drug-likeness (QED) is 0.837. The van der Waals surface area contributed by atoms with E-state index in [9.17, 15) is 4.79 Å². The molecule has 0 N–H and O–H groups in total. The Balaban J connectivity index is 1.58. The fourth-order valence-electron chi connectivity index (χ4n) is 3.97. The highest BCUT2D eigenvalue weighted by Crippen LogP contribution is 2.24. The van der Waals surface area contributed by atoms with Crippen molar-refractivity contribution in [3.8, 4) is 5.75 Å². The van der Waals surface area contributed by atoms with Gasteiger partial charge in [-0.1, -0.05) is 13.0 Å². The molecule has 0 unspecified atom stereocenters. The van der Waals surface area contributed by atoms with E-state index in [4.69, 9.17) is 4.74 Å². The average molecular weight is 345 g/mol. The summed E-state index contributed by atoms with van der Waals surface area (Å²) in [6.07, 6.45) is 3.08. The van der Waals surface area contributed by atoms with Crippen LogP contribution in [0.25, 0.3) is 0 Å². The summed E-state index contributed by atoms with van der Waals surface area (Å²) in [7, 11) is 3.86. The number of benzene rings is 1. The van der Waals surface area contributed by atoms with Crippen molar-refractivity contribution in [1.82, 2.24) is 14.7 Å². The smallest absolute Gasteiger partial charge is 0.253 e. The number of methoxy groups -OCH3 is 1. The number of nitrogens with zero attached hydrogens (tertiary/aromatic N) is 3. The van der Waals surface area contributed by atoms with E-state index in [-0.39, 0.29) is 5.91 Å². The lowest BCUT2D eigenvalue weighted by molar-refractivity contribution is 0.0518. The lowest BCUT2D eigenvalue weighted by Gasteiger charge is -2.42. The molecule has 0 aliphatic carbocycles. The third kappa shape index (κ3) is 4.15. The molecule has 2 aliphatic heterocycles. The van der Waals surface area contributed by atoms with Crippen LogP contribution in [0.15, 0.2) is 18.2 Å². The highest BCUT2D eigenvalue weighted by Gasteiger charge is 2.29. The highest BCUT2D eigenvalue weighted by molar-refractivity contribution is 5.94. The molecule has 0 saturated carbocycles. The van der Waals surface area contributed by atoms with Crippen LogP contribution in [0.4, 0.5) is 0 Å². The summed E-state index contributed by atoms with van der Waals surface area (Å²) >= 11 is 0. The number of likely N-dealkylation sites (N-methyl/N-ethyl adjacent to an activating group) is 1. The monoisotopic (exact) mass is 345 g/mol. The van der Waals surface area contributed by atoms with Gasteiger partial charge in [0, 0.05) is 50.9 Å².